The molecule has 0 atom stereocenters. The molecule has 0 fully saturated rings. The average molecular weight is 251 g/mol. The maximum Gasteiger partial charge on any atom is 0.138 e. The number of imidazole rings is 1. The monoisotopic (exact) mass is 251 g/mol. The molecule has 1 aromatic heterocycles. The summed E-state index contributed by atoms with van der Waals surface area (Å²) in [6.45, 7) is 0. The van der Waals surface area contributed by atoms with E-state index in [0.29, 0.717) is 10.6 Å². The SMILES string of the molecule is Cn1ccnc1CCSc1ccc(N)cc1F. The second-order valence-electron chi connectivity index (χ2n) is 3.74. The van der Waals surface area contributed by atoms with Gasteiger partial charge in [0.2, 0.25) is 0 Å². The number of benzene rings is 1. The molecule has 90 valence electrons. The van der Waals surface area contributed by atoms with Crippen molar-refractivity contribution < 1.29 is 4.39 Å². The molecule has 0 amide bonds. The van der Waals surface area contributed by atoms with Gasteiger partial charge in [0.1, 0.15) is 11.6 Å². The molecule has 0 aliphatic carbocycles. The van der Waals surface area contributed by atoms with Gasteiger partial charge in [-0.25, -0.2) is 9.37 Å². The molecule has 0 spiro atoms. The summed E-state index contributed by atoms with van der Waals surface area (Å²) in [4.78, 5) is 4.85. The third kappa shape index (κ3) is 3.00. The van der Waals surface area contributed by atoms with Gasteiger partial charge in [-0.15, -0.1) is 11.8 Å². The first-order valence-electron chi connectivity index (χ1n) is 5.31. The molecule has 2 N–H and O–H groups in total. The zero-order valence-electron chi connectivity index (χ0n) is 9.56. The molecule has 0 radical (unpaired) electrons. The number of hydrogen-bond donors (Lipinski definition) is 1. The molecule has 17 heavy (non-hydrogen) atoms. The Hall–Kier alpha value is -1.49. The second kappa shape index (κ2) is 5.23. The number of thioether (sulfide) groups is 1. The quantitative estimate of drug-likeness (QED) is 0.670. The Morgan fingerprint density at radius 3 is 2.94 bits per heavy atom. The van der Waals surface area contributed by atoms with Gasteiger partial charge in [-0.05, 0) is 18.2 Å². The highest BCUT2D eigenvalue weighted by atomic mass is 32.2. The summed E-state index contributed by atoms with van der Waals surface area (Å²) in [6, 6.07) is 4.78. The van der Waals surface area contributed by atoms with E-state index in [2.05, 4.69) is 4.98 Å². The normalized spacial score (nSPS) is 10.7. The molecule has 0 aliphatic heterocycles. The fourth-order valence-electron chi connectivity index (χ4n) is 1.52. The van der Waals surface area contributed by atoms with E-state index in [-0.39, 0.29) is 5.82 Å². The van der Waals surface area contributed by atoms with E-state index in [1.807, 2.05) is 17.8 Å². The topological polar surface area (TPSA) is 43.8 Å². The molecule has 3 nitrogen and oxygen atoms in total. The largest absolute Gasteiger partial charge is 0.399 e. The van der Waals surface area contributed by atoms with Crippen molar-refractivity contribution in [2.45, 2.75) is 11.3 Å². The van der Waals surface area contributed by atoms with Crippen LogP contribution in [0.5, 0.6) is 0 Å². The van der Waals surface area contributed by atoms with Crippen molar-refractivity contribution in [3.05, 3.63) is 42.2 Å². The maximum absolute atomic E-state index is 13.5. The summed E-state index contributed by atoms with van der Waals surface area (Å²) in [5.41, 5.74) is 5.95. The molecule has 1 aromatic carbocycles. The highest BCUT2D eigenvalue weighted by Crippen LogP contribution is 2.23. The minimum Gasteiger partial charge on any atom is -0.399 e. The van der Waals surface area contributed by atoms with Gasteiger partial charge in [-0.2, -0.15) is 0 Å². The van der Waals surface area contributed by atoms with Crippen LogP contribution in [0.1, 0.15) is 5.82 Å². The van der Waals surface area contributed by atoms with Gasteiger partial charge in [0.15, 0.2) is 0 Å². The van der Waals surface area contributed by atoms with Crippen LogP contribution in [0.3, 0.4) is 0 Å². The number of rotatable bonds is 4. The highest BCUT2D eigenvalue weighted by Gasteiger charge is 2.04. The van der Waals surface area contributed by atoms with E-state index in [1.165, 1.54) is 17.8 Å². The van der Waals surface area contributed by atoms with Gasteiger partial charge in [0, 0.05) is 42.2 Å². The predicted octanol–water partition coefficient (Wildman–Crippen LogP) is 2.48. The Morgan fingerprint density at radius 2 is 2.29 bits per heavy atom. The third-order valence-electron chi connectivity index (χ3n) is 2.46. The molecule has 5 heteroatoms. The Balaban J connectivity index is 1.92. The first-order valence-corrected chi connectivity index (χ1v) is 6.29. The van der Waals surface area contributed by atoms with Crippen molar-refractivity contribution in [3.8, 4) is 0 Å². The van der Waals surface area contributed by atoms with Crippen LogP contribution in [0, 0.1) is 5.82 Å². The van der Waals surface area contributed by atoms with E-state index < -0.39 is 0 Å². The second-order valence-corrected chi connectivity index (χ2v) is 4.88. The van der Waals surface area contributed by atoms with Gasteiger partial charge in [0.05, 0.1) is 0 Å². The molecule has 1 heterocycles. The van der Waals surface area contributed by atoms with Crippen LogP contribution in [0.25, 0.3) is 0 Å². The average Bonchev–Trinajstić information content (AvgIpc) is 2.68. The molecule has 2 rings (SSSR count). The Kier molecular flexibility index (Phi) is 3.68. The van der Waals surface area contributed by atoms with Crippen molar-refractivity contribution in [2.24, 2.45) is 7.05 Å². The van der Waals surface area contributed by atoms with Crippen LogP contribution in [-0.4, -0.2) is 15.3 Å². The Labute approximate surface area is 104 Å². The van der Waals surface area contributed by atoms with Crippen molar-refractivity contribution in [1.29, 1.82) is 0 Å². The molecule has 0 saturated carbocycles. The highest BCUT2D eigenvalue weighted by molar-refractivity contribution is 7.99. The van der Waals surface area contributed by atoms with Gasteiger partial charge in [-0.1, -0.05) is 0 Å². The van der Waals surface area contributed by atoms with Gasteiger partial charge in [0.25, 0.3) is 0 Å². The zero-order chi connectivity index (χ0) is 12.3. The fourth-order valence-corrected chi connectivity index (χ4v) is 2.39. The van der Waals surface area contributed by atoms with Crippen molar-refractivity contribution in [1.82, 2.24) is 9.55 Å². The summed E-state index contributed by atoms with van der Waals surface area (Å²) < 4.78 is 15.4. The molecular formula is C12H14FN3S. The van der Waals surface area contributed by atoms with E-state index in [0.717, 1.165) is 18.0 Å². The number of halogens is 1. The number of hydrogen-bond acceptors (Lipinski definition) is 3. The Morgan fingerprint density at radius 1 is 1.47 bits per heavy atom. The number of aryl methyl sites for hydroxylation is 2. The Bertz CT molecular complexity index is 510. The lowest BCUT2D eigenvalue weighted by Gasteiger charge is -2.04. The van der Waals surface area contributed by atoms with Crippen LogP contribution in [0.15, 0.2) is 35.5 Å². The zero-order valence-corrected chi connectivity index (χ0v) is 10.4. The van der Waals surface area contributed by atoms with E-state index in [4.69, 9.17) is 5.73 Å². The third-order valence-corrected chi connectivity index (χ3v) is 3.51. The summed E-state index contributed by atoms with van der Waals surface area (Å²) in [6.07, 6.45) is 4.49. The van der Waals surface area contributed by atoms with Crippen LogP contribution >= 0.6 is 11.8 Å². The summed E-state index contributed by atoms with van der Waals surface area (Å²) >= 11 is 1.48. The number of nitrogens with two attached hydrogens (primary N) is 1. The molecule has 0 aliphatic rings. The lowest BCUT2D eigenvalue weighted by Crippen LogP contribution is -1.99. The number of nitrogen functional groups attached to an aromatic ring is 1. The first-order chi connectivity index (χ1) is 8.16. The van der Waals surface area contributed by atoms with Gasteiger partial charge in [-0.3, -0.25) is 0 Å². The van der Waals surface area contributed by atoms with Crippen LogP contribution in [0.2, 0.25) is 0 Å². The van der Waals surface area contributed by atoms with E-state index in [9.17, 15) is 4.39 Å². The number of anilines is 1. The van der Waals surface area contributed by atoms with Crippen molar-refractivity contribution in [2.75, 3.05) is 11.5 Å². The van der Waals surface area contributed by atoms with Crippen LogP contribution < -0.4 is 5.73 Å². The van der Waals surface area contributed by atoms with Gasteiger partial charge < -0.3 is 10.3 Å². The van der Waals surface area contributed by atoms with E-state index in [1.54, 1.807) is 18.3 Å². The fraction of sp³-hybridized carbons (Fsp3) is 0.250. The lowest BCUT2D eigenvalue weighted by molar-refractivity contribution is 0.602. The maximum atomic E-state index is 13.5. The first kappa shape index (κ1) is 12.0. The number of aromatic nitrogens is 2. The smallest absolute Gasteiger partial charge is 0.138 e. The number of nitrogens with zero attached hydrogens (tertiary/aromatic N) is 2. The molecule has 0 bridgehead atoms. The summed E-state index contributed by atoms with van der Waals surface area (Å²) in [5, 5.41) is 0. The summed E-state index contributed by atoms with van der Waals surface area (Å²) in [5.74, 6) is 1.55. The summed E-state index contributed by atoms with van der Waals surface area (Å²) in [7, 11) is 1.96. The molecule has 2 aromatic rings. The lowest BCUT2D eigenvalue weighted by atomic mass is 10.3. The van der Waals surface area contributed by atoms with Gasteiger partial charge >= 0.3 is 0 Å². The van der Waals surface area contributed by atoms with Crippen LogP contribution in [-0.2, 0) is 13.5 Å². The van der Waals surface area contributed by atoms with Crippen molar-refractivity contribution in [3.63, 3.8) is 0 Å². The minimum absolute atomic E-state index is 0.255. The predicted molar refractivity (Wildman–Crippen MR) is 68.4 cm³/mol. The van der Waals surface area contributed by atoms with Crippen molar-refractivity contribution >= 4 is 17.4 Å². The standard InChI is InChI=1S/C12H14FN3S/c1-16-6-5-15-12(16)4-7-17-11-3-2-9(14)8-10(11)13/h2-3,5-6,8H,4,7,14H2,1H3. The van der Waals surface area contributed by atoms with E-state index >= 15 is 0 Å². The van der Waals surface area contributed by atoms with Crippen LogP contribution in [0.4, 0.5) is 10.1 Å². The molecular weight excluding hydrogens is 237 g/mol. The minimum atomic E-state index is -0.255. The molecule has 0 saturated heterocycles. The molecule has 0 unspecified atom stereocenters.